The van der Waals surface area contributed by atoms with Crippen LogP contribution in [0.2, 0.25) is 0 Å². The summed E-state index contributed by atoms with van der Waals surface area (Å²) in [6.45, 7) is 2.90. The number of fused-ring (bicyclic) bond motifs is 2. The van der Waals surface area contributed by atoms with Gasteiger partial charge in [-0.2, -0.15) is 18.3 Å². The first-order valence-corrected chi connectivity index (χ1v) is 14.0. The number of alkyl halides is 3. The minimum absolute atomic E-state index is 0.00679. The molecule has 0 radical (unpaired) electrons. The predicted molar refractivity (Wildman–Crippen MR) is 139 cm³/mol. The van der Waals surface area contributed by atoms with Crippen LogP contribution in [0.1, 0.15) is 64.5 Å². The summed E-state index contributed by atoms with van der Waals surface area (Å²) < 4.78 is 39.3. The molecular weight excluding hydrogens is 499 g/mol. The monoisotopic (exact) mass is 533 g/mol. The lowest BCUT2D eigenvalue weighted by molar-refractivity contribution is -0.134. The molecule has 0 bridgehead atoms. The maximum absolute atomic E-state index is 12.9. The highest BCUT2D eigenvalue weighted by Crippen LogP contribution is 2.30. The molecule has 3 aromatic rings. The lowest BCUT2D eigenvalue weighted by Gasteiger charge is -2.30. The zero-order chi connectivity index (χ0) is 26.0. The Kier molecular flexibility index (Phi) is 7.85. The fourth-order valence-corrected chi connectivity index (χ4v) is 6.73. The van der Waals surface area contributed by atoms with Gasteiger partial charge >= 0.3 is 6.18 Å². The largest absolute Gasteiger partial charge is 0.389 e. The lowest BCUT2D eigenvalue weighted by atomic mass is 9.84. The molecule has 1 saturated carbocycles. The Morgan fingerprint density at radius 3 is 2.73 bits per heavy atom. The molecule has 1 aliphatic carbocycles. The highest BCUT2D eigenvalue weighted by atomic mass is 32.1. The van der Waals surface area contributed by atoms with Gasteiger partial charge in [-0.15, -0.1) is 11.3 Å². The van der Waals surface area contributed by atoms with Gasteiger partial charge in [0.1, 0.15) is 0 Å². The zero-order valence-electron chi connectivity index (χ0n) is 21.2. The summed E-state index contributed by atoms with van der Waals surface area (Å²) in [6, 6.07) is 5.88. The Labute approximate surface area is 219 Å². The van der Waals surface area contributed by atoms with Crippen LogP contribution in [0, 0.1) is 5.92 Å². The van der Waals surface area contributed by atoms with E-state index in [-0.39, 0.29) is 18.4 Å². The molecule has 0 spiro atoms. The third-order valence-electron chi connectivity index (χ3n) is 7.71. The third-order valence-corrected chi connectivity index (χ3v) is 8.93. The van der Waals surface area contributed by atoms with Crippen molar-refractivity contribution >= 4 is 28.1 Å². The average Bonchev–Trinajstić information content (AvgIpc) is 3.39. The number of rotatable bonds is 7. The van der Waals surface area contributed by atoms with Crippen LogP contribution in [-0.2, 0) is 26.3 Å². The Morgan fingerprint density at radius 1 is 1.16 bits per heavy atom. The molecule has 3 heterocycles. The number of hydrogen-bond acceptors (Lipinski definition) is 5. The lowest BCUT2D eigenvalue weighted by Crippen LogP contribution is -2.38. The molecule has 2 aliphatic rings. The number of halogens is 3. The molecule has 10 heteroatoms. The molecule has 0 atom stereocenters. The first-order valence-electron chi connectivity index (χ1n) is 13.2. The molecule has 1 aromatic carbocycles. The standard InChI is InChI=1S/C27H34F3N5OS/c1-34-17-21-20(3-2-4-22(21)33-34)26(36)31-19-7-5-18(6-8-19)10-14-35-15-11-23-24(12-16-35)37-25(32-23)9-13-27(28,29)30/h2-4,17-19H,5-16H2,1H3,(H,31,36). The molecule has 5 rings (SSSR count). The SMILES string of the molecule is Cn1cc2c(C(=O)NC3CCC(CCN4CCc5nc(CCC(F)(F)F)sc5CC4)CC3)cccc2n1. The fraction of sp³-hybridized carbons (Fsp3) is 0.593. The van der Waals surface area contributed by atoms with E-state index in [0.29, 0.717) is 16.5 Å². The van der Waals surface area contributed by atoms with Crippen LogP contribution >= 0.6 is 11.3 Å². The Balaban J connectivity index is 1.04. The highest BCUT2D eigenvalue weighted by molar-refractivity contribution is 7.11. The second-order valence-electron chi connectivity index (χ2n) is 10.5. The molecule has 0 unspecified atom stereocenters. The first kappa shape index (κ1) is 26.2. The predicted octanol–water partition coefficient (Wildman–Crippen LogP) is 5.30. The molecule has 200 valence electrons. The number of amides is 1. The van der Waals surface area contributed by atoms with Crippen molar-refractivity contribution in [3.05, 3.63) is 45.5 Å². The Morgan fingerprint density at radius 2 is 1.95 bits per heavy atom. The number of nitrogens with one attached hydrogen (secondary N) is 1. The summed E-state index contributed by atoms with van der Waals surface area (Å²) in [5.74, 6) is 0.647. The minimum atomic E-state index is -4.13. The average molecular weight is 534 g/mol. The molecular formula is C27H34F3N5OS. The van der Waals surface area contributed by atoms with E-state index in [1.165, 1.54) is 11.3 Å². The zero-order valence-corrected chi connectivity index (χ0v) is 22.0. The number of thiazole rings is 1. The van der Waals surface area contributed by atoms with Gasteiger partial charge in [-0.1, -0.05) is 6.07 Å². The molecule has 1 aliphatic heterocycles. The second kappa shape index (κ2) is 11.1. The van der Waals surface area contributed by atoms with Crippen LogP contribution in [-0.4, -0.2) is 57.4 Å². The normalized spacial score (nSPS) is 21.1. The second-order valence-corrected chi connectivity index (χ2v) is 11.6. The maximum atomic E-state index is 12.9. The number of aromatic nitrogens is 3. The van der Waals surface area contributed by atoms with E-state index in [4.69, 9.17) is 0 Å². The van der Waals surface area contributed by atoms with Crippen molar-refractivity contribution in [2.75, 3.05) is 19.6 Å². The van der Waals surface area contributed by atoms with Gasteiger partial charge in [0.15, 0.2) is 0 Å². The summed E-state index contributed by atoms with van der Waals surface area (Å²) >= 11 is 1.47. The molecule has 1 amide bonds. The number of hydrogen-bond donors (Lipinski definition) is 1. The third kappa shape index (κ3) is 6.71. The smallest absolute Gasteiger partial charge is 0.349 e. The van der Waals surface area contributed by atoms with Crippen molar-refractivity contribution in [2.24, 2.45) is 13.0 Å². The van der Waals surface area contributed by atoms with E-state index >= 15 is 0 Å². The van der Waals surface area contributed by atoms with Crippen molar-refractivity contribution < 1.29 is 18.0 Å². The highest BCUT2D eigenvalue weighted by Gasteiger charge is 2.28. The van der Waals surface area contributed by atoms with Gasteiger partial charge in [0.2, 0.25) is 0 Å². The summed E-state index contributed by atoms with van der Waals surface area (Å²) in [5, 5.41) is 9.15. The number of carbonyl (C=O) groups excluding carboxylic acids is 1. The minimum Gasteiger partial charge on any atom is -0.349 e. The number of nitrogens with zero attached hydrogens (tertiary/aromatic N) is 4. The number of carbonyl (C=O) groups is 1. The first-order chi connectivity index (χ1) is 17.7. The summed E-state index contributed by atoms with van der Waals surface area (Å²) in [6.07, 6.45) is 4.05. The van der Waals surface area contributed by atoms with Crippen molar-refractivity contribution in [1.82, 2.24) is 25.0 Å². The van der Waals surface area contributed by atoms with Crippen molar-refractivity contribution in [2.45, 2.75) is 70.0 Å². The topological polar surface area (TPSA) is 63.1 Å². The van der Waals surface area contributed by atoms with Gasteiger partial charge in [0, 0.05) is 61.9 Å². The van der Waals surface area contributed by atoms with E-state index in [1.54, 1.807) is 4.68 Å². The van der Waals surface area contributed by atoms with E-state index < -0.39 is 12.6 Å². The molecule has 2 aromatic heterocycles. The van der Waals surface area contributed by atoms with Crippen LogP contribution in [0.15, 0.2) is 24.4 Å². The van der Waals surface area contributed by atoms with E-state index in [0.717, 1.165) is 86.1 Å². The maximum Gasteiger partial charge on any atom is 0.389 e. The molecule has 1 fully saturated rings. The Hall–Kier alpha value is -2.46. The van der Waals surface area contributed by atoms with Gasteiger partial charge in [-0.25, -0.2) is 4.98 Å². The fourth-order valence-electron chi connectivity index (χ4n) is 5.63. The van der Waals surface area contributed by atoms with Gasteiger partial charge in [-0.05, 0) is 63.1 Å². The number of benzene rings is 1. The molecule has 6 nitrogen and oxygen atoms in total. The van der Waals surface area contributed by atoms with E-state index in [2.05, 4.69) is 20.3 Å². The summed E-state index contributed by atoms with van der Waals surface area (Å²) in [5.41, 5.74) is 2.52. The molecule has 0 saturated heterocycles. The van der Waals surface area contributed by atoms with E-state index in [1.807, 2.05) is 31.4 Å². The van der Waals surface area contributed by atoms with Crippen LogP contribution < -0.4 is 5.32 Å². The molecule has 1 N–H and O–H groups in total. The van der Waals surface area contributed by atoms with Gasteiger partial charge in [0.05, 0.1) is 21.8 Å². The van der Waals surface area contributed by atoms with E-state index in [9.17, 15) is 18.0 Å². The van der Waals surface area contributed by atoms with Crippen molar-refractivity contribution in [1.29, 1.82) is 0 Å². The van der Waals surface area contributed by atoms with Crippen LogP contribution in [0.4, 0.5) is 13.2 Å². The molecule has 37 heavy (non-hydrogen) atoms. The van der Waals surface area contributed by atoms with Crippen LogP contribution in [0.3, 0.4) is 0 Å². The summed E-state index contributed by atoms with van der Waals surface area (Å²) in [4.78, 5) is 21.1. The number of aryl methyl sites for hydroxylation is 2. The van der Waals surface area contributed by atoms with Crippen LogP contribution in [0.5, 0.6) is 0 Å². The summed E-state index contributed by atoms with van der Waals surface area (Å²) in [7, 11) is 1.86. The quantitative estimate of drug-likeness (QED) is 0.448. The van der Waals surface area contributed by atoms with Gasteiger partial charge in [0.25, 0.3) is 5.91 Å². The van der Waals surface area contributed by atoms with Gasteiger partial charge < -0.3 is 10.2 Å². The van der Waals surface area contributed by atoms with Gasteiger partial charge in [-0.3, -0.25) is 9.48 Å². The van der Waals surface area contributed by atoms with Crippen molar-refractivity contribution in [3.63, 3.8) is 0 Å². The van der Waals surface area contributed by atoms with Crippen molar-refractivity contribution in [3.8, 4) is 0 Å². The Bertz CT molecular complexity index is 1200. The van der Waals surface area contributed by atoms with Crippen LogP contribution in [0.25, 0.3) is 10.9 Å².